The van der Waals surface area contributed by atoms with E-state index in [1.54, 1.807) is 6.20 Å². The average Bonchev–Trinajstić information content (AvgIpc) is 3.18. The highest BCUT2D eigenvalue weighted by Crippen LogP contribution is 2.39. The van der Waals surface area contributed by atoms with E-state index in [4.69, 9.17) is 0 Å². The zero-order valence-electron chi connectivity index (χ0n) is 13.4. The number of hydrogen-bond acceptors (Lipinski definition) is 3. The normalized spacial score (nSPS) is 15.2. The third-order valence-corrected chi connectivity index (χ3v) is 4.37. The highest BCUT2D eigenvalue weighted by atomic mass is 16.2. The van der Waals surface area contributed by atoms with E-state index in [1.165, 1.54) is 12.8 Å². The molecule has 122 valence electrons. The SMILES string of the molecule is Cn1ccnc1[C@@H](NC(=O)c1cc(C2CC2)[nH]n1)c1ccccc1. The van der Waals surface area contributed by atoms with Gasteiger partial charge >= 0.3 is 0 Å². The van der Waals surface area contributed by atoms with Gasteiger partial charge in [-0.1, -0.05) is 30.3 Å². The van der Waals surface area contributed by atoms with Gasteiger partial charge in [0.1, 0.15) is 17.6 Å². The average molecular weight is 321 g/mol. The van der Waals surface area contributed by atoms with Crippen LogP contribution in [0.5, 0.6) is 0 Å². The van der Waals surface area contributed by atoms with Gasteiger partial charge in [-0.25, -0.2) is 4.98 Å². The van der Waals surface area contributed by atoms with Crippen LogP contribution in [0.4, 0.5) is 0 Å². The zero-order chi connectivity index (χ0) is 16.5. The molecule has 2 aromatic heterocycles. The number of aryl methyl sites for hydroxylation is 1. The molecule has 3 aromatic rings. The van der Waals surface area contributed by atoms with E-state index in [-0.39, 0.29) is 11.9 Å². The molecule has 1 aliphatic carbocycles. The first-order valence-corrected chi connectivity index (χ1v) is 8.10. The van der Waals surface area contributed by atoms with Crippen LogP contribution < -0.4 is 5.32 Å². The van der Waals surface area contributed by atoms with Crippen molar-refractivity contribution in [1.82, 2.24) is 25.1 Å². The molecule has 1 amide bonds. The lowest BCUT2D eigenvalue weighted by atomic mass is 10.1. The molecule has 0 aliphatic heterocycles. The number of aromatic amines is 1. The number of imidazole rings is 1. The highest BCUT2D eigenvalue weighted by molar-refractivity contribution is 5.92. The molecule has 24 heavy (non-hydrogen) atoms. The van der Waals surface area contributed by atoms with Crippen LogP contribution in [0.3, 0.4) is 0 Å². The molecule has 0 saturated heterocycles. The van der Waals surface area contributed by atoms with E-state index in [0.29, 0.717) is 11.6 Å². The van der Waals surface area contributed by atoms with Crippen LogP contribution in [0.1, 0.15) is 52.4 Å². The fourth-order valence-electron chi connectivity index (χ4n) is 2.86. The largest absolute Gasteiger partial charge is 0.337 e. The van der Waals surface area contributed by atoms with Gasteiger partial charge in [-0.3, -0.25) is 9.89 Å². The minimum Gasteiger partial charge on any atom is -0.337 e. The number of benzene rings is 1. The Kier molecular flexibility index (Phi) is 3.65. The summed E-state index contributed by atoms with van der Waals surface area (Å²) in [5, 5.41) is 10.2. The molecule has 1 saturated carbocycles. The number of nitrogens with zero attached hydrogens (tertiary/aromatic N) is 3. The van der Waals surface area contributed by atoms with Gasteiger partial charge in [-0.2, -0.15) is 5.10 Å². The number of nitrogens with one attached hydrogen (secondary N) is 2. The first-order chi connectivity index (χ1) is 11.7. The van der Waals surface area contributed by atoms with Crippen LogP contribution >= 0.6 is 0 Å². The number of hydrogen-bond donors (Lipinski definition) is 2. The highest BCUT2D eigenvalue weighted by Gasteiger charge is 2.27. The fourth-order valence-corrected chi connectivity index (χ4v) is 2.86. The summed E-state index contributed by atoms with van der Waals surface area (Å²) < 4.78 is 1.91. The predicted molar refractivity (Wildman–Crippen MR) is 89.5 cm³/mol. The smallest absolute Gasteiger partial charge is 0.272 e. The number of carbonyl (C=O) groups is 1. The minimum absolute atomic E-state index is 0.199. The Balaban J connectivity index is 1.61. The van der Waals surface area contributed by atoms with Gasteiger partial charge in [0.05, 0.1) is 0 Å². The summed E-state index contributed by atoms with van der Waals surface area (Å²) in [5.74, 6) is 1.13. The molecule has 0 spiro atoms. The lowest BCUT2D eigenvalue weighted by Gasteiger charge is -2.18. The van der Waals surface area contributed by atoms with Crippen LogP contribution in [-0.4, -0.2) is 25.7 Å². The van der Waals surface area contributed by atoms with Crippen molar-refractivity contribution in [3.63, 3.8) is 0 Å². The Morgan fingerprint density at radius 3 is 2.79 bits per heavy atom. The maximum absolute atomic E-state index is 12.7. The van der Waals surface area contributed by atoms with Gasteiger partial charge in [0.2, 0.25) is 0 Å². The molecule has 4 rings (SSSR count). The van der Waals surface area contributed by atoms with Crippen molar-refractivity contribution in [2.24, 2.45) is 7.05 Å². The van der Waals surface area contributed by atoms with Crippen LogP contribution in [-0.2, 0) is 7.05 Å². The van der Waals surface area contributed by atoms with E-state index in [2.05, 4.69) is 20.5 Å². The van der Waals surface area contributed by atoms with Gasteiger partial charge in [0, 0.05) is 31.1 Å². The molecule has 1 aliphatic rings. The van der Waals surface area contributed by atoms with Gasteiger partial charge in [-0.05, 0) is 24.5 Å². The van der Waals surface area contributed by atoms with Gasteiger partial charge < -0.3 is 9.88 Å². The molecule has 0 radical (unpaired) electrons. The maximum Gasteiger partial charge on any atom is 0.272 e. The summed E-state index contributed by atoms with van der Waals surface area (Å²) in [6.45, 7) is 0. The number of aromatic nitrogens is 4. The first-order valence-electron chi connectivity index (χ1n) is 8.10. The van der Waals surface area contributed by atoms with E-state index in [9.17, 15) is 4.79 Å². The van der Waals surface area contributed by atoms with Gasteiger partial charge in [-0.15, -0.1) is 0 Å². The Morgan fingerprint density at radius 1 is 1.33 bits per heavy atom. The number of amides is 1. The topological polar surface area (TPSA) is 75.6 Å². The van der Waals surface area contributed by atoms with E-state index in [1.807, 2.05) is 54.2 Å². The van der Waals surface area contributed by atoms with E-state index >= 15 is 0 Å². The Hall–Kier alpha value is -2.89. The molecule has 2 N–H and O–H groups in total. The number of rotatable bonds is 5. The standard InChI is InChI=1S/C18H19N5O/c1-23-10-9-19-17(23)16(13-5-3-2-4-6-13)20-18(24)15-11-14(21-22-15)12-7-8-12/h2-6,9-12,16H,7-8H2,1H3,(H,20,24)(H,21,22)/t16-/m0/s1. The van der Waals surface area contributed by atoms with Crippen molar-refractivity contribution >= 4 is 5.91 Å². The maximum atomic E-state index is 12.7. The fraction of sp³-hybridized carbons (Fsp3) is 0.278. The predicted octanol–water partition coefficient (Wildman–Crippen LogP) is 2.54. The van der Waals surface area contributed by atoms with Crippen molar-refractivity contribution in [2.45, 2.75) is 24.8 Å². The van der Waals surface area contributed by atoms with E-state index in [0.717, 1.165) is 17.1 Å². The second-order valence-corrected chi connectivity index (χ2v) is 6.20. The molecule has 6 nitrogen and oxygen atoms in total. The molecular formula is C18H19N5O. The molecule has 0 unspecified atom stereocenters. The summed E-state index contributed by atoms with van der Waals surface area (Å²) in [6.07, 6.45) is 5.95. The summed E-state index contributed by atoms with van der Waals surface area (Å²) in [6, 6.07) is 11.4. The van der Waals surface area contributed by atoms with Crippen LogP contribution in [0.15, 0.2) is 48.8 Å². The van der Waals surface area contributed by atoms with Crippen molar-refractivity contribution in [1.29, 1.82) is 0 Å². The lowest BCUT2D eigenvalue weighted by molar-refractivity contribution is 0.0936. The molecule has 1 aromatic carbocycles. The molecule has 0 bridgehead atoms. The monoisotopic (exact) mass is 321 g/mol. The third kappa shape index (κ3) is 2.82. The van der Waals surface area contributed by atoms with Crippen molar-refractivity contribution < 1.29 is 4.79 Å². The van der Waals surface area contributed by atoms with Crippen LogP contribution in [0.2, 0.25) is 0 Å². The van der Waals surface area contributed by atoms with Gasteiger partial charge in [0.25, 0.3) is 5.91 Å². The molecular weight excluding hydrogens is 302 g/mol. The quantitative estimate of drug-likeness (QED) is 0.758. The number of carbonyl (C=O) groups excluding carboxylic acids is 1. The van der Waals surface area contributed by atoms with Crippen LogP contribution in [0, 0.1) is 0 Å². The Labute approximate surface area is 139 Å². The second kappa shape index (κ2) is 5.96. The van der Waals surface area contributed by atoms with Crippen molar-refractivity contribution in [2.75, 3.05) is 0 Å². The van der Waals surface area contributed by atoms with Crippen molar-refractivity contribution in [3.05, 3.63) is 71.6 Å². The summed E-state index contributed by atoms with van der Waals surface area (Å²) in [5.41, 5.74) is 2.46. The van der Waals surface area contributed by atoms with Gasteiger partial charge in [0.15, 0.2) is 0 Å². The van der Waals surface area contributed by atoms with Crippen molar-refractivity contribution in [3.8, 4) is 0 Å². The Morgan fingerprint density at radius 2 is 2.12 bits per heavy atom. The molecule has 2 heterocycles. The molecule has 1 fully saturated rings. The minimum atomic E-state index is -0.320. The van der Waals surface area contributed by atoms with Crippen LogP contribution in [0.25, 0.3) is 0 Å². The summed E-state index contributed by atoms with van der Waals surface area (Å²) in [4.78, 5) is 17.1. The summed E-state index contributed by atoms with van der Waals surface area (Å²) in [7, 11) is 1.92. The summed E-state index contributed by atoms with van der Waals surface area (Å²) >= 11 is 0. The lowest BCUT2D eigenvalue weighted by Crippen LogP contribution is -2.31. The first kappa shape index (κ1) is 14.7. The zero-order valence-corrected chi connectivity index (χ0v) is 13.4. The number of H-pyrrole nitrogens is 1. The Bertz CT molecular complexity index is 847. The third-order valence-electron chi connectivity index (χ3n) is 4.37. The molecule has 1 atom stereocenters. The second-order valence-electron chi connectivity index (χ2n) is 6.20. The van der Waals surface area contributed by atoms with E-state index < -0.39 is 0 Å². The molecule has 6 heteroatoms.